The van der Waals surface area contributed by atoms with Crippen LogP contribution in [-0.2, 0) is 12.0 Å². The molecule has 1 aliphatic carbocycles. The SMILES string of the molecule is CCCn1ccnc1C(NC)C1(c2ccccc2)CC1. The fraction of sp³-hybridized carbons (Fsp3) is 0.471. The summed E-state index contributed by atoms with van der Waals surface area (Å²) in [5.74, 6) is 1.18. The highest BCUT2D eigenvalue weighted by Gasteiger charge is 2.52. The number of hydrogen-bond donors (Lipinski definition) is 1. The molecular weight excluding hydrogens is 246 g/mol. The number of aromatic nitrogens is 2. The fourth-order valence-electron chi connectivity index (χ4n) is 3.31. The Morgan fingerprint density at radius 2 is 2.05 bits per heavy atom. The predicted molar refractivity (Wildman–Crippen MR) is 81.7 cm³/mol. The first-order valence-corrected chi connectivity index (χ1v) is 7.55. The second-order valence-corrected chi connectivity index (χ2v) is 5.72. The molecular formula is C17H23N3. The number of rotatable bonds is 6. The summed E-state index contributed by atoms with van der Waals surface area (Å²) in [5.41, 5.74) is 1.66. The van der Waals surface area contributed by atoms with E-state index in [1.54, 1.807) is 0 Å². The van der Waals surface area contributed by atoms with Crippen molar-refractivity contribution >= 4 is 0 Å². The molecule has 3 rings (SSSR count). The quantitative estimate of drug-likeness (QED) is 0.872. The van der Waals surface area contributed by atoms with Crippen LogP contribution in [0.1, 0.15) is 43.6 Å². The molecule has 0 amide bonds. The van der Waals surface area contributed by atoms with Crippen molar-refractivity contribution in [1.82, 2.24) is 14.9 Å². The molecule has 20 heavy (non-hydrogen) atoms. The number of likely N-dealkylation sites (N-methyl/N-ethyl adjacent to an activating group) is 1. The molecule has 1 aromatic heterocycles. The molecule has 0 spiro atoms. The summed E-state index contributed by atoms with van der Waals surface area (Å²) in [6.45, 7) is 3.25. The number of aryl methyl sites for hydroxylation is 1. The van der Waals surface area contributed by atoms with Gasteiger partial charge in [-0.15, -0.1) is 0 Å². The van der Waals surface area contributed by atoms with Crippen molar-refractivity contribution in [1.29, 1.82) is 0 Å². The maximum atomic E-state index is 4.64. The molecule has 0 radical (unpaired) electrons. The summed E-state index contributed by atoms with van der Waals surface area (Å²) in [7, 11) is 2.05. The summed E-state index contributed by atoms with van der Waals surface area (Å²) in [4.78, 5) is 4.64. The summed E-state index contributed by atoms with van der Waals surface area (Å²) < 4.78 is 2.30. The molecule has 0 saturated heterocycles. The molecule has 0 aliphatic heterocycles. The van der Waals surface area contributed by atoms with Gasteiger partial charge >= 0.3 is 0 Å². The van der Waals surface area contributed by atoms with Crippen LogP contribution in [0.15, 0.2) is 42.7 Å². The van der Waals surface area contributed by atoms with Gasteiger partial charge in [-0.2, -0.15) is 0 Å². The first kappa shape index (κ1) is 13.4. The van der Waals surface area contributed by atoms with Gasteiger partial charge < -0.3 is 9.88 Å². The Morgan fingerprint density at radius 3 is 2.65 bits per heavy atom. The van der Waals surface area contributed by atoms with Crippen LogP contribution in [0.2, 0.25) is 0 Å². The van der Waals surface area contributed by atoms with Crippen LogP contribution in [-0.4, -0.2) is 16.6 Å². The Morgan fingerprint density at radius 1 is 1.30 bits per heavy atom. The van der Waals surface area contributed by atoms with Crippen molar-refractivity contribution in [2.24, 2.45) is 0 Å². The predicted octanol–water partition coefficient (Wildman–Crippen LogP) is 3.29. The Labute approximate surface area is 121 Å². The lowest BCUT2D eigenvalue weighted by molar-refractivity contribution is 0.420. The van der Waals surface area contributed by atoms with Crippen LogP contribution in [0, 0.1) is 0 Å². The Bertz CT molecular complexity index is 555. The van der Waals surface area contributed by atoms with Crippen LogP contribution in [0.4, 0.5) is 0 Å². The van der Waals surface area contributed by atoms with E-state index in [2.05, 4.69) is 65.4 Å². The maximum Gasteiger partial charge on any atom is 0.126 e. The molecule has 106 valence electrons. The average Bonchev–Trinajstić information content (AvgIpc) is 3.17. The lowest BCUT2D eigenvalue weighted by atomic mass is 9.87. The van der Waals surface area contributed by atoms with Crippen molar-refractivity contribution in [2.75, 3.05) is 7.05 Å². The normalized spacial score (nSPS) is 17.9. The lowest BCUT2D eigenvalue weighted by Crippen LogP contribution is -2.32. The Kier molecular flexibility index (Phi) is 3.62. The van der Waals surface area contributed by atoms with Gasteiger partial charge in [0.2, 0.25) is 0 Å². The van der Waals surface area contributed by atoms with Gasteiger partial charge in [0.05, 0.1) is 6.04 Å². The van der Waals surface area contributed by atoms with E-state index in [-0.39, 0.29) is 5.41 Å². The highest BCUT2D eigenvalue weighted by atomic mass is 15.1. The highest BCUT2D eigenvalue weighted by molar-refractivity contribution is 5.35. The van der Waals surface area contributed by atoms with E-state index >= 15 is 0 Å². The summed E-state index contributed by atoms with van der Waals surface area (Å²) in [6.07, 6.45) is 7.64. The minimum Gasteiger partial charge on any atom is -0.334 e. The zero-order valence-electron chi connectivity index (χ0n) is 12.3. The zero-order valence-corrected chi connectivity index (χ0v) is 12.3. The molecule has 0 bridgehead atoms. The fourth-order valence-corrected chi connectivity index (χ4v) is 3.31. The Balaban J connectivity index is 1.96. The smallest absolute Gasteiger partial charge is 0.126 e. The molecule has 1 unspecified atom stereocenters. The molecule has 1 aliphatic rings. The standard InChI is InChI=1S/C17H23N3/c1-3-12-20-13-11-19-16(20)15(18-2)17(9-10-17)14-7-5-4-6-8-14/h4-8,11,13,15,18H,3,9-10,12H2,1-2H3. The van der Waals surface area contributed by atoms with Crippen molar-refractivity contribution < 1.29 is 0 Å². The summed E-state index contributed by atoms with van der Waals surface area (Å²) in [5, 5.41) is 3.52. The average molecular weight is 269 g/mol. The molecule has 2 aromatic rings. The van der Waals surface area contributed by atoms with Gasteiger partial charge in [-0.1, -0.05) is 37.3 Å². The van der Waals surface area contributed by atoms with Crippen molar-refractivity contribution in [2.45, 2.75) is 44.2 Å². The van der Waals surface area contributed by atoms with Gasteiger partial charge in [0.15, 0.2) is 0 Å². The topological polar surface area (TPSA) is 29.9 Å². The van der Waals surface area contributed by atoms with Crippen molar-refractivity contribution in [3.8, 4) is 0 Å². The maximum absolute atomic E-state index is 4.64. The van der Waals surface area contributed by atoms with Gasteiger partial charge in [0.25, 0.3) is 0 Å². The van der Waals surface area contributed by atoms with E-state index in [4.69, 9.17) is 0 Å². The number of imidazole rings is 1. The van der Waals surface area contributed by atoms with Crippen LogP contribution in [0.5, 0.6) is 0 Å². The molecule has 1 heterocycles. The summed E-state index contributed by atoms with van der Waals surface area (Å²) >= 11 is 0. The molecule has 1 saturated carbocycles. The second kappa shape index (κ2) is 5.41. The lowest BCUT2D eigenvalue weighted by Gasteiger charge is -2.27. The van der Waals surface area contributed by atoms with Crippen LogP contribution >= 0.6 is 0 Å². The minimum absolute atomic E-state index is 0.229. The van der Waals surface area contributed by atoms with Gasteiger partial charge in [-0.05, 0) is 31.9 Å². The van der Waals surface area contributed by atoms with Crippen molar-refractivity contribution in [3.05, 3.63) is 54.1 Å². The third-order valence-corrected chi connectivity index (χ3v) is 4.45. The molecule has 3 heteroatoms. The minimum atomic E-state index is 0.229. The number of nitrogens with zero attached hydrogens (tertiary/aromatic N) is 2. The third-order valence-electron chi connectivity index (χ3n) is 4.45. The molecule has 1 atom stereocenters. The van der Waals surface area contributed by atoms with Crippen molar-refractivity contribution in [3.63, 3.8) is 0 Å². The monoisotopic (exact) mass is 269 g/mol. The van der Waals surface area contributed by atoms with Gasteiger partial charge in [-0.3, -0.25) is 0 Å². The number of nitrogens with one attached hydrogen (secondary N) is 1. The summed E-state index contributed by atoms with van der Waals surface area (Å²) in [6, 6.07) is 11.2. The second-order valence-electron chi connectivity index (χ2n) is 5.72. The molecule has 1 N–H and O–H groups in total. The first-order valence-electron chi connectivity index (χ1n) is 7.55. The van der Waals surface area contributed by atoms with E-state index in [9.17, 15) is 0 Å². The van der Waals surface area contributed by atoms with E-state index < -0.39 is 0 Å². The molecule has 3 nitrogen and oxygen atoms in total. The van der Waals surface area contributed by atoms with Gasteiger partial charge in [0.1, 0.15) is 5.82 Å². The Hall–Kier alpha value is -1.61. The van der Waals surface area contributed by atoms with E-state index in [1.807, 2.05) is 6.20 Å². The largest absolute Gasteiger partial charge is 0.334 e. The zero-order chi connectivity index (χ0) is 14.0. The highest BCUT2D eigenvalue weighted by Crippen LogP contribution is 2.56. The number of hydrogen-bond acceptors (Lipinski definition) is 2. The third kappa shape index (κ3) is 2.16. The molecule has 1 fully saturated rings. The van der Waals surface area contributed by atoms with E-state index in [1.165, 1.54) is 24.2 Å². The van der Waals surface area contributed by atoms with E-state index in [0.29, 0.717) is 6.04 Å². The first-order chi connectivity index (χ1) is 9.81. The molecule has 1 aromatic carbocycles. The van der Waals surface area contributed by atoms with Crippen LogP contribution < -0.4 is 5.32 Å². The van der Waals surface area contributed by atoms with Gasteiger partial charge in [0, 0.05) is 24.4 Å². The number of benzene rings is 1. The van der Waals surface area contributed by atoms with Crippen LogP contribution in [0.25, 0.3) is 0 Å². The van der Waals surface area contributed by atoms with E-state index in [0.717, 1.165) is 13.0 Å². The van der Waals surface area contributed by atoms with Crippen LogP contribution in [0.3, 0.4) is 0 Å². The van der Waals surface area contributed by atoms with Gasteiger partial charge in [-0.25, -0.2) is 4.98 Å².